The largest absolute Gasteiger partial charge is 0.378 e. The Morgan fingerprint density at radius 3 is 2.21 bits per heavy atom. The van der Waals surface area contributed by atoms with Crippen LogP contribution in [0.15, 0.2) is 0 Å². The Kier molecular flexibility index (Phi) is 6.70. The number of nitrogens with two attached hydrogens (primary N) is 1. The molecule has 2 aliphatic carbocycles. The van der Waals surface area contributed by atoms with Gasteiger partial charge in [-0.15, -0.1) is 0 Å². The quantitative estimate of drug-likeness (QED) is 0.752. The average molecular weight is 394 g/mol. The predicted octanol–water partition coefficient (Wildman–Crippen LogP) is 2.55. The van der Waals surface area contributed by atoms with Gasteiger partial charge in [0.25, 0.3) is 0 Å². The number of amides is 2. The highest BCUT2D eigenvalue weighted by Gasteiger charge is 2.63. The number of hydrogen-bond acceptors (Lipinski definition) is 4. The molecule has 0 bridgehead atoms. The fraction of sp³-hybridized carbons (Fsp3) is 0.909. The molecule has 2 amide bonds. The molecule has 2 atom stereocenters. The number of hydrogen-bond donors (Lipinski definition) is 1. The molecular weight excluding hydrogens is 354 g/mol. The van der Waals surface area contributed by atoms with Crippen LogP contribution in [0.25, 0.3) is 0 Å². The van der Waals surface area contributed by atoms with E-state index in [9.17, 15) is 9.59 Å². The number of carbonyl (C=O) groups is 2. The Bertz CT molecular complexity index is 565. The van der Waals surface area contributed by atoms with E-state index in [0.29, 0.717) is 45.6 Å². The molecule has 2 unspecified atom stereocenters. The smallest absolute Gasteiger partial charge is 0.243 e. The van der Waals surface area contributed by atoms with Crippen LogP contribution in [0.2, 0.25) is 0 Å². The lowest BCUT2D eigenvalue weighted by Gasteiger charge is -2.59. The zero-order valence-electron chi connectivity index (χ0n) is 18.0. The molecule has 2 saturated carbocycles. The lowest BCUT2D eigenvalue weighted by molar-refractivity contribution is -0.180. The van der Waals surface area contributed by atoms with E-state index in [2.05, 4.69) is 0 Å². The molecule has 1 saturated heterocycles. The van der Waals surface area contributed by atoms with E-state index in [4.69, 9.17) is 10.5 Å². The molecule has 1 aliphatic heterocycles. The minimum absolute atomic E-state index is 0.0164. The maximum absolute atomic E-state index is 13.1. The summed E-state index contributed by atoms with van der Waals surface area (Å²) in [6.45, 7) is 9.09. The van der Waals surface area contributed by atoms with Gasteiger partial charge >= 0.3 is 0 Å². The van der Waals surface area contributed by atoms with Gasteiger partial charge in [-0.25, -0.2) is 0 Å². The molecule has 0 radical (unpaired) electrons. The highest BCUT2D eigenvalue weighted by molar-refractivity contribution is 5.89. The first-order valence-electron chi connectivity index (χ1n) is 11.3. The van der Waals surface area contributed by atoms with Crippen molar-refractivity contribution < 1.29 is 14.3 Å². The van der Waals surface area contributed by atoms with Crippen molar-refractivity contribution in [2.75, 3.05) is 32.8 Å². The van der Waals surface area contributed by atoms with Crippen LogP contribution in [0.1, 0.15) is 72.1 Å². The summed E-state index contributed by atoms with van der Waals surface area (Å²) >= 11 is 0. The summed E-state index contributed by atoms with van der Waals surface area (Å²) in [5.74, 6) is 1.00. The number of rotatable bonds is 6. The third-order valence-electron chi connectivity index (χ3n) is 7.62. The molecular formula is C22H39N3O3. The molecule has 2 N–H and O–H groups in total. The van der Waals surface area contributed by atoms with Crippen LogP contribution in [0, 0.1) is 11.3 Å². The maximum atomic E-state index is 13.1. The fourth-order valence-electron chi connectivity index (χ4n) is 5.20. The molecule has 0 aromatic carbocycles. The average Bonchev–Trinajstić information content (AvgIpc) is 2.72. The second-order valence-corrected chi connectivity index (χ2v) is 9.56. The Morgan fingerprint density at radius 2 is 1.64 bits per heavy atom. The number of nitrogens with zero attached hydrogens (tertiary/aromatic N) is 2. The van der Waals surface area contributed by atoms with Gasteiger partial charge in [0.2, 0.25) is 11.8 Å². The zero-order chi connectivity index (χ0) is 20.4. The first-order chi connectivity index (χ1) is 13.3. The van der Waals surface area contributed by atoms with Gasteiger partial charge < -0.3 is 20.3 Å². The van der Waals surface area contributed by atoms with E-state index < -0.39 is 5.54 Å². The molecule has 0 aromatic rings. The summed E-state index contributed by atoms with van der Waals surface area (Å²) in [4.78, 5) is 29.5. The van der Waals surface area contributed by atoms with Crippen LogP contribution in [-0.2, 0) is 14.3 Å². The summed E-state index contributed by atoms with van der Waals surface area (Å²) in [6.07, 6.45) is 8.85. The van der Waals surface area contributed by atoms with Crippen molar-refractivity contribution in [3.63, 3.8) is 0 Å². The van der Waals surface area contributed by atoms with Crippen molar-refractivity contribution >= 4 is 11.8 Å². The minimum atomic E-state index is -0.861. The highest BCUT2D eigenvalue weighted by atomic mass is 16.5. The summed E-state index contributed by atoms with van der Waals surface area (Å²) in [5, 5.41) is 0. The van der Waals surface area contributed by atoms with Gasteiger partial charge in [0.15, 0.2) is 0 Å². The summed E-state index contributed by atoms with van der Waals surface area (Å²) in [6, 6.07) is 0. The van der Waals surface area contributed by atoms with E-state index in [-0.39, 0.29) is 23.3 Å². The molecule has 3 fully saturated rings. The molecule has 6 heteroatoms. The van der Waals surface area contributed by atoms with Crippen molar-refractivity contribution in [2.24, 2.45) is 17.1 Å². The van der Waals surface area contributed by atoms with E-state index in [1.807, 2.05) is 30.6 Å². The van der Waals surface area contributed by atoms with Crippen LogP contribution in [0.4, 0.5) is 0 Å². The van der Waals surface area contributed by atoms with Crippen molar-refractivity contribution in [1.29, 1.82) is 0 Å². The van der Waals surface area contributed by atoms with E-state index in [1.54, 1.807) is 0 Å². The predicted molar refractivity (Wildman–Crippen MR) is 110 cm³/mol. The first-order valence-corrected chi connectivity index (χ1v) is 11.3. The molecule has 0 spiro atoms. The van der Waals surface area contributed by atoms with E-state index in [1.165, 1.54) is 32.1 Å². The Balaban J connectivity index is 1.45. The Hall–Kier alpha value is -1.14. The second-order valence-electron chi connectivity index (χ2n) is 9.56. The summed E-state index contributed by atoms with van der Waals surface area (Å²) in [5.41, 5.74) is 5.32. The van der Waals surface area contributed by atoms with Gasteiger partial charge in [-0.1, -0.05) is 46.0 Å². The molecule has 1 heterocycles. The monoisotopic (exact) mass is 393 g/mol. The van der Waals surface area contributed by atoms with Crippen molar-refractivity contribution in [2.45, 2.75) is 83.8 Å². The molecule has 28 heavy (non-hydrogen) atoms. The van der Waals surface area contributed by atoms with Gasteiger partial charge in [0.05, 0.1) is 6.10 Å². The van der Waals surface area contributed by atoms with Crippen LogP contribution < -0.4 is 5.73 Å². The van der Waals surface area contributed by atoms with Gasteiger partial charge in [-0.2, -0.15) is 0 Å². The molecule has 3 rings (SSSR count). The lowest BCUT2D eigenvalue weighted by Crippen LogP contribution is -2.76. The fourth-order valence-corrected chi connectivity index (χ4v) is 5.20. The van der Waals surface area contributed by atoms with Crippen molar-refractivity contribution in [1.82, 2.24) is 9.80 Å². The van der Waals surface area contributed by atoms with Crippen LogP contribution in [0.5, 0.6) is 0 Å². The first kappa shape index (κ1) is 21.6. The third kappa shape index (κ3) is 4.09. The van der Waals surface area contributed by atoms with Crippen LogP contribution >= 0.6 is 0 Å². The number of ether oxygens (including phenoxy) is 1. The molecule has 0 aromatic heterocycles. The standard InChI is InChI=1S/C22H39N3O3/c1-4-28-18-16-22(23,21(18,2)3)20(27)25-14-12-24(13-15-25)19(26)11-10-17-8-6-5-7-9-17/h17-18H,4-16,23H2,1-3H3. The molecule has 3 aliphatic rings. The van der Waals surface area contributed by atoms with Gasteiger partial charge in [0, 0.05) is 51.0 Å². The Labute approximate surface area is 170 Å². The van der Waals surface area contributed by atoms with Gasteiger partial charge in [0.1, 0.15) is 5.54 Å². The maximum Gasteiger partial charge on any atom is 0.243 e. The van der Waals surface area contributed by atoms with Gasteiger partial charge in [-0.3, -0.25) is 9.59 Å². The topological polar surface area (TPSA) is 75.9 Å². The Morgan fingerprint density at radius 1 is 1.04 bits per heavy atom. The normalized spacial score (nSPS) is 30.8. The molecule has 160 valence electrons. The summed E-state index contributed by atoms with van der Waals surface area (Å²) in [7, 11) is 0. The minimum Gasteiger partial charge on any atom is -0.378 e. The van der Waals surface area contributed by atoms with Crippen LogP contribution in [-0.4, -0.2) is 66.0 Å². The van der Waals surface area contributed by atoms with E-state index >= 15 is 0 Å². The summed E-state index contributed by atoms with van der Waals surface area (Å²) < 4.78 is 5.75. The molecule has 6 nitrogen and oxygen atoms in total. The van der Waals surface area contributed by atoms with Crippen molar-refractivity contribution in [3.05, 3.63) is 0 Å². The van der Waals surface area contributed by atoms with Crippen LogP contribution in [0.3, 0.4) is 0 Å². The number of piperazine rings is 1. The van der Waals surface area contributed by atoms with Gasteiger partial charge in [-0.05, 0) is 19.3 Å². The zero-order valence-corrected chi connectivity index (χ0v) is 18.0. The van der Waals surface area contributed by atoms with E-state index in [0.717, 1.165) is 12.3 Å². The van der Waals surface area contributed by atoms with Crippen molar-refractivity contribution in [3.8, 4) is 0 Å². The lowest BCUT2D eigenvalue weighted by atomic mass is 9.54. The third-order valence-corrected chi connectivity index (χ3v) is 7.62. The SMILES string of the molecule is CCOC1CC(N)(C(=O)N2CCN(C(=O)CCC3CCCCC3)CC2)C1(C)C. The number of carbonyl (C=O) groups excluding carboxylic acids is 2. The highest BCUT2D eigenvalue weighted by Crippen LogP contribution is 2.50. The second kappa shape index (κ2) is 8.70.